The molecule has 5 atom stereocenters. The second-order valence-electron chi connectivity index (χ2n) is 32.8. The van der Waals surface area contributed by atoms with Crippen molar-refractivity contribution < 1.29 is 36.3 Å². The number of carbonyl (C=O) groups excluding carboxylic acids is 3. The Labute approximate surface area is 715 Å². The van der Waals surface area contributed by atoms with E-state index in [4.69, 9.17) is 42.3 Å². The average molecular weight is 1700 g/mol. The molecule has 0 saturated carbocycles. The molecule has 0 spiro atoms. The predicted molar refractivity (Wildman–Crippen MR) is 471 cm³/mol. The van der Waals surface area contributed by atoms with Crippen LogP contribution in [-0.2, 0) is 14.4 Å². The van der Waals surface area contributed by atoms with Gasteiger partial charge >= 0.3 is 17.1 Å². The monoisotopic (exact) mass is 1700 g/mol. The second kappa shape index (κ2) is 34.0. The summed E-state index contributed by atoms with van der Waals surface area (Å²) in [7, 11) is 0. The predicted octanol–water partition coefficient (Wildman–Crippen LogP) is 15.1. The van der Waals surface area contributed by atoms with E-state index in [9.17, 15) is 29.2 Å². The fraction of sp³-hybridized carbons (Fsp3) is 0.301. The van der Waals surface area contributed by atoms with E-state index in [-0.39, 0.29) is 176 Å². The maximum Gasteiger partial charge on any atom is 0.355 e. The number of amides is 3. The van der Waals surface area contributed by atoms with Gasteiger partial charge in [0.2, 0.25) is 17.7 Å². The zero-order valence-corrected chi connectivity index (χ0v) is 71.2. The number of aromatic nitrogens is 11. The quantitative estimate of drug-likeness (QED) is 0.0503. The van der Waals surface area contributed by atoms with Gasteiger partial charge in [-0.05, 0) is 186 Å². The van der Waals surface area contributed by atoms with Crippen LogP contribution in [0.2, 0.25) is 5.02 Å². The summed E-state index contributed by atoms with van der Waals surface area (Å²) in [5.74, 6) is -5.57. The Morgan fingerprint density at radius 3 is 1.62 bits per heavy atom. The molecule has 2 N–H and O–H groups in total. The first kappa shape index (κ1) is 85.3. The van der Waals surface area contributed by atoms with Crippen molar-refractivity contribution in [1.82, 2.24) is 68.3 Å². The molecule has 11 heterocycles. The molecule has 25 nitrogen and oxygen atoms in total. The SMILES string of the molecule is C=CC(=O)N1C[C@H](C)N(c2nc(=O)n(-c3c(C)cc(/C=C\C(=O)N4CCN(c5nc(=O)n(-c6ccc(/C=C\C(=O)N7C[C@H](C)N(c8nc(=O)n(-c9c(C)ccnc9C(C)C)c9nc(-c%10c(N)cccc%10F)c(F)cc89)[C@@H](C)C7)cc6C(C)C)c6nc(-c7c(F)cccc7C#N)c(Cl)cc56)[C@@H](C)C4)nc3C(C)C)c3nc(-c4ccccc4F)c(F)cc23)[C@@H](C)C1. The Kier molecular flexibility index (Phi) is 23.4. The maximum absolute atomic E-state index is 16.8. The van der Waals surface area contributed by atoms with E-state index in [1.807, 2.05) is 110 Å². The lowest BCUT2D eigenvalue weighted by atomic mass is 9.97. The highest BCUT2D eigenvalue weighted by atomic mass is 35.5. The topological polar surface area (TPSA) is 290 Å². The van der Waals surface area contributed by atoms with Crippen molar-refractivity contribution in [2.75, 3.05) is 66.2 Å². The van der Waals surface area contributed by atoms with E-state index in [1.165, 1.54) is 98.7 Å². The largest absolute Gasteiger partial charge is 0.398 e. The van der Waals surface area contributed by atoms with Crippen molar-refractivity contribution >= 4 is 97.7 Å². The number of piperazine rings is 3. The maximum atomic E-state index is 16.8. The summed E-state index contributed by atoms with van der Waals surface area (Å²) < 4.78 is 84.8. The number of carbonyl (C=O) groups is 3. The summed E-state index contributed by atoms with van der Waals surface area (Å²) in [6.45, 7) is 29.1. The summed E-state index contributed by atoms with van der Waals surface area (Å²) in [6.07, 6.45) is 8.91. The van der Waals surface area contributed by atoms with Crippen molar-refractivity contribution in [1.29, 1.82) is 5.26 Å². The van der Waals surface area contributed by atoms with Gasteiger partial charge in [-0.25, -0.2) is 65.0 Å². The van der Waals surface area contributed by atoms with E-state index in [2.05, 4.69) is 21.5 Å². The molecule has 15 rings (SSSR count). The number of rotatable bonds is 17. The van der Waals surface area contributed by atoms with E-state index >= 15 is 26.7 Å². The van der Waals surface area contributed by atoms with Crippen LogP contribution < -0.4 is 37.5 Å². The molecule has 3 fully saturated rings. The summed E-state index contributed by atoms with van der Waals surface area (Å²) in [6, 6.07) is 25.8. The molecular weight excluding hydrogens is 1610 g/mol. The zero-order valence-electron chi connectivity index (χ0n) is 70.5. The van der Waals surface area contributed by atoms with Crippen LogP contribution in [0.4, 0.5) is 45.1 Å². The second-order valence-corrected chi connectivity index (χ2v) is 33.2. The Morgan fingerprint density at radius 2 is 1.03 bits per heavy atom. The van der Waals surface area contributed by atoms with Gasteiger partial charge in [0.25, 0.3) is 0 Å². The van der Waals surface area contributed by atoms with E-state index in [1.54, 1.807) is 70.3 Å². The number of fused-ring (bicyclic) bond motifs is 3. The fourth-order valence-corrected chi connectivity index (χ4v) is 17.7. The van der Waals surface area contributed by atoms with Gasteiger partial charge in [0, 0.05) is 106 Å². The number of hydrogen-bond donors (Lipinski definition) is 1. The highest BCUT2D eigenvalue weighted by Gasteiger charge is 2.39. The number of nitrogen functional groups attached to an aromatic ring is 1. The molecule has 0 radical (unpaired) electrons. The third kappa shape index (κ3) is 15.5. The smallest absolute Gasteiger partial charge is 0.355 e. The van der Waals surface area contributed by atoms with E-state index in [0.717, 1.165) is 6.07 Å². The van der Waals surface area contributed by atoms with Gasteiger partial charge in [-0.3, -0.25) is 24.4 Å². The van der Waals surface area contributed by atoms with Gasteiger partial charge in [0.1, 0.15) is 52.1 Å². The zero-order chi connectivity index (χ0) is 88.6. The Balaban J connectivity index is 0.713. The molecule has 0 aliphatic carbocycles. The summed E-state index contributed by atoms with van der Waals surface area (Å²) in [5, 5.41) is 10.9. The molecule has 3 amide bonds. The van der Waals surface area contributed by atoms with Crippen LogP contribution >= 0.6 is 11.6 Å². The number of pyridine rings is 5. The molecule has 3 aliphatic rings. The molecule has 4 aromatic carbocycles. The van der Waals surface area contributed by atoms with Crippen molar-refractivity contribution in [2.45, 2.75) is 138 Å². The molecular formula is C93H89ClF5N19O6. The van der Waals surface area contributed by atoms with Crippen LogP contribution in [0.3, 0.4) is 0 Å². The summed E-state index contributed by atoms with van der Waals surface area (Å²) in [4.78, 5) is 136. The van der Waals surface area contributed by atoms with Crippen molar-refractivity contribution in [3.05, 3.63) is 251 Å². The van der Waals surface area contributed by atoms with Crippen LogP contribution in [-0.4, -0.2) is 162 Å². The highest BCUT2D eigenvalue weighted by molar-refractivity contribution is 6.34. The third-order valence-corrected chi connectivity index (χ3v) is 23.5. The number of benzene rings is 4. The number of anilines is 4. The number of nitriles is 1. The number of hydrogen-bond acceptors (Lipinski definition) is 19. The minimum atomic E-state index is -0.911. The molecule has 634 valence electrons. The number of aryl methyl sites for hydroxylation is 2. The summed E-state index contributed by atoms with van der Waals surface area (Å²) in [5.41, 5.74) is 7.07. The molecule has 31 heteroatoms. The highest BCUT2D eigenvalue weighted by Crippen LogP contribution is 2.42. The molecule has 0 unspecified atom stereocenters. The number of nitrogens with zero attached hydrogens (tertiary/aromatic N) is 18. The van der Waals surface area contributed by atoms with Gasteiger partial charge in [-0.15, -0.1) is 0 Å². The summed E-state index contributed by atoms with van der Waals surface area (Å²) >= 11 is 7.17. The molecule has 12 aromatic rings. The Bertz CT molecular complexity index is 6700. The molecule has 0 bridgehead atoms. The number of nitrogens with two attached hydrogens (primary N) is 1. The lowest BCUT2D eigenvalue weighted by Gasteiger charge is -2.45. The first-order chi connectivity index (χ1) is 59.2. The Morgan fingerprint density at radius 1 is 0.516 bits per heavy atom. The normalized spacial score (nSPS) is 17.2. The van der Waals surface area contributed by atoms with Gasteiger partial charge in [-0.2, -0.15) is 20.2 Å². The van der Waals surface area contributed by atoms with Gasteiger partial charge < -0.3 is 35.1 Å². The molecule has 3 saturated heterocycles. The first-order valence-electron chi connectivity index (χ1n) is 40.9. The van der Waals surface area contributed by atoms with Crippen molar-refractivity contribution in [3.63, 3.8) is 0 Å². The fourth-order valence-electron chi connectivity index (χ4n) is 17.5. The minimum absolute atomic E-state index is 0.0108. The molecule has 8 aromatic heterocycles. The van der Waals surface area contributed by atoms with Crippen molar-refractivity contribution in [2.24, 2.45) is 0 Å². The lowest BCUT2D eigenvalue weighted by Crippen LogP contribution is -2.58. The van der Waals surface area contributed by atoms with Gasteiger partial charge in [-0.1, -0.05) is 90.1 Å². The third-order valence-electron chi connectivity index (χ3n) is 23.2. The Hall–Kier alpha value is -13.7. The van der Waals surface area contributed by atoms with Crippen LogP contribution in [0.5, 0.6) is 0 Å². The first-order valence-corrected chi connectivity index (χ1v) is 41.2. The minimum Gasteiger partial charge on any atom is -0.398 e. The van der Waals surface area contributed by atoms with Crippen LogP contribution in [0.1, 0.15) is 139 Å². The van der Waals surface area contributed by atoms with Crippen molar-refractivity contribution in [3.8, 4) is 56.9 Å². The van der Waals surface area contributed by atoms with E-state index in [0.29, 0.717) is 56.4 Å². The van der Waals surface area contributed by atoms with Crippen LogP contribution in [0.25, 0.3) is 96.1 Å². The lowest BCUT2D eigenvalue weighted by molar-refractivity contribution is -0.128. The molecule has 3 aliphatic heterocycles. The average Bonchev–Trinajstić information content (AvgIpc) is 0.740. The van der Waals surface area contributed by atoms with E-state index < -0.39 is 82.1 Å². The molecule has 124 heavy (non-hydrogen) atoms. The number of halogens is 6. The standard InChI is InChI=1S/C93H89ClF5N19O6/c1-15-73(119)111-43-53(11)114(54(12)44-111)89-63-39-69(98)80(60-21-16-17-22-66(60)95)104-87(63)118(93(124)109-89)84-51(9)36-59(103-79(84)49(6)7)28-31-74(120)110-34-35-113(52(10)42-110)85-62-38-65(94)81(76-58(41-100)20-18-23-67(76)96)105-86(62)116(91(122)107-85)72-29-26-57(37-61(72)47(2)3)27-30-75(121)112-45-55(13)115(56(14)46-112)90-64-40-70(99)82(77-68(97)24-19-25-71(77)101)106-88(64)117(92(123)108-90)83-50(8)32-33-102-78(83)48(4)5/h15-33,36-40,47-49,52-56H,1,34-35,42-46,101H2,2-14H3/b30-27-,31-28-/t52-,53-,54-,55-,56-/m0/s1. The van der Waals surface area contributed by atoms with Gasteiger partial charge in [0.05, 0.1) is 83.8 Å². The van der Waals surface area contributed by atoms with Gasteiger partial charge in [0.15, 0.2) is 22.8 Å². The van der Waals surface area contributed by atoms with Crippen LogP contribution in [0, 0.1) is 54.3 Å². The van der Waals surface area contributed by atoms with Crippen LogP contribution in [0.15, 0.2) is 155 Å².